The maximum absolute atomic E-state index is 11.5. The highest BCUT2D eigenvalue weighted by atomic mass is 32.2. The fourth-order valence-corrected chi connectivity index (χ4v) is 2.58. The van der Waals surface area contributed by atoms with E-state index in [1.165, 1.54) is 8.61 Å². The van der Waals surface area contributed by atoms with E-state index in [-0.39, 0.29) is 0 Å². The van der Waals surface area contributed by atoms with Crippen molar-refractivity contribution in [2.75, 3.05) is 27.2 Å². The molecule has 1 saturated heterocycles. The minimum Gasteiger partial charge on any atom is -0.195 e. The minimum absolute atomic E-state index is 0.500. The second kappa shape index (κ2) is 3.32. The molecule has 0 aliphatic carbocycles. The molecule has 0 aromatic carbocycles. The number of rotatable bonds is 2. The van der Waals surface area contributed by atoms with Crippen molar-refractivity contribution in [3.05, 3.63) is 0 Å². The summed E-state index contributed by atoms with van der Waals surface area (Å²) in [6.07, 6.45) is 0.979. The predicted molar refractivity (Wildman–Crippen MR) is 48.0 cm³/mol. The third-order valence-corrected chi connectivity index (χ3v) is 4.08. The zero-order valence-corrected chi connectivity index (χ0v) is 8.63. The van der Waals surface area contributed by atoms with Gasteiger partial charge in [-0.2, -0.15) is 17.0 Å². The number of nitrogens with zero attached hydrogens (tertiary/aromatic N) is 2. The van der Waals surface area contributed by atoms with Crippen LogP contribution in [0.3, 0.4) is 0 Å². The van der Waals surface area contributed by atoms with Crippen LogP contribution in [0.5, 0.6) is 0 Å². The second-order valence-corrected chi connectivity index (χ2v) is 5.68. The SMILES string of the molecule is C[C@@H]1CCN(S(=O)(=O)N(C)C)C1. The molecule has 0 N–H and O–H groups in total. The lowest BCUT2D eigenvalue weighted by Crippen LogP contribution is -2.38. The smallest absolute Gasteiger partial charge is 0.195 e. The van der Waals surface area contributed by atoms with Crippen LogP contribution in [0.15, 0.2) is 0 Å². The molecule has 12 heavy (non-hydrogen) atoms. The highest BCUT2D eigenvalue weighted by Crippen LogP contribution is 2.19. The third-order valence-electron chi connectivity index (χ3n) is 2.17. The van der Waals surface area contributed by atoms with Gasteiger partial charge in [0.05, 0.1) is 0 Å². The molecular weight excluding hydrogens is 176 g/mol. The van der Waals surface area contributed by atoms with Crippen molar-refractivity contribution in [3.8, 4) is 0 Å². The summed E-state index contributed by atoms with van der Waals surface area (Å²) in [5.41, 5.74) is 0. The van der Waals surface area contributed by atoms with Crippen molar-refractivity contribution in [1.29, 1.82) is 0 Å². The molecule has 1 atom stereocenters. The second-order valence-electron chi connectivity index (χ2n) is 3.54. The molecular formula is C7H16N2O2S. The van der Waals surface area contributed by atoms with Crippen molar-refractivity contribution in [3.63, 3.8) is 0 Å². The summed E-state index contributed by atoms with van der Waals surface area (Å²) in [6, 6.07) is 0. The Labute approximate surface area is 74.3 Å². The van der Waals surface area contributed by atoms with E-state index in [2.05, 4.69) is 6.92 Å². The van der Waals surface area contributed by atoms with Crippen LogP contribution in [-0.4, -0.2) is 44.2 Å². The standard InChI is InChI=1S/C7H16N2O2S/c1-7-4-5-9(6-7)12(10,11)8(2)3/h7H,4-6H2,1-3H3/t7-/m1/s1. The van der Waals surface area contributed by atoms with E-state index in [4.69, 9.17) is 0 Å². The summed E-state index contributed by atoms with van der Waals surface area (Å²) < 4.78 is 25.9. The van der Waals surface area contributed by atoms with Crippen LogP contribution in [0, 0.1) is 5.92 Å². The molecule has 0 aromatic heterocycles. The summed E-state index contributed by atoms with van der Waals surface area (Å²) in [5, 5.41) is 0. The van der Waals surface area contributed by atoms with E-state index in [9.17, 15) is 8.42 Å². The van der Waals surface area contributed by atoms with E-state index >= 15 is 0 Å². The molecule has 0 unspecified atom stereocenters. The normalized spacial score (nSPS) is 26.8. The molecule has 1 aliphatic heterocycles. The summed E-state index contributed by atoms with van der Waals surface area (Å²) in [4.78, 5) is 0. The topological polar surface area (TPSA) is 40.6 Å². The lowest BCUT2D eigenvalue weighted by molar-refractivity contribution is 0.414. The Hall–Kier alpha value is -0.130. The van der Waals surface area contributed by atoms with E-state index in [0.717, 1.165) is 6.42 Å². The molecule has 1 fully saturated rings. The molecule has 0 saturated carbocycles. The van der Waals surface area contributed by atoms with Crippen molar-refractivity contribution in [2.24, 2.45) is 5.92 Å². The Morgan fingerprint density at radius 1 is 1.42 bits per heavy atom. The summed E-state index contributed by atoms with van der Waals surface area (Å²) >= 11 is 0. The zero-order valence-electron chi connectivity index (χ0n) is 7.82. The van der Waals surface area contributed by atoms with E-state index in [0.29, 0.717) is 19.0 Å². The first-order valence-corrected chi connectivity index (χ1v) is 5.52. The molecule has 0 aromatic rings. The van der Waals surface area contributed by atoms with Gasteiger partial charge in [-0.05, 0) is 12.3 Å². The van der Waals surface area contributed by atoms with E-state index in [1.807, 2.05) is 0 Å². The first kappa shape index (κ1) is 9.95. The third kappa shape index (κ3) is 1.78. The Bertz CT molecular complexity index is 248. The van der Waals surface area contributed by atoms with Crippen LogP contribution in [0.4, 0.5) is 0 Å². The van der Waals surface area contributed by atoms with Crippen LogP contribution in [-0.2, 0) is 10.2 Å². The van der Waals surface area contributed by atoms with Gasteiger partial charge >= 0.3 is 0 Å². The van der Waals surface area contributed by atoms with Gasteiger partial charge in [0.1, 0.15) is 0 Å². The molecule has 0 spiro atoms. The Balaban J connectivity index is 2.71. The molecule has 0 radical (unpaired) electrons. The van der Waals surface area contributed by atoms with Gasteiger partial charge in [0.15, 0.2) is 0 Å². The van der Waals surface area contributed by atoms with E-state index in [1.54, 1.807) is 14.1 Å². The van der Waals surface area contributed by atoms with Crippen molar-refractivity contribution in [2.45, 2.75) is 13.3 Å². The molecule has 5 heteroatoms. The molecule has 0 amide bonds. The first-order chi connectivity index (χ1) is 5.44. The van der Waals surface area contributed by atoms with Crippen LogP contribution < -0.4 is 0 Å². The van der Waals surface area contributed by atoms with Gasteiger partial charge in [-0.15, -0.1) is 0 Å². The zero-order chi connectivity index (χ0) is 9.35. The van der Waals surface area contributed by atoms with Gasteiger partial charge in [0.2, 0.25) is 0 Å². The average Bonchev–Trinajstić information content (AvgIpc) is 2.35. The highest BCUT2D eigenvalue weighted by Gasteiger charge is 2.30. The number of hydrogen-bond donors (Lipinski definition) is 0. The Kier molecular flexibility index (Phi) is 2.75. The largest absolute Gasteiger partial charge is 0.281 e. The minimum atomic E-state index is -3.14. The van der Waals surface area contributed by atoms with Gasteiger partial charge < -0.3 is 0 Å². The van der Waals surface area contributed by atoms with Gasteiger partial charge in [0.25, 0.3) is 10.2 Å². The molecule has 1 rings (SSSR count). The van der Waals surface area contributed by atoms with Crippen molar-refractivity contribution in [1.82, 2.24) is 8.61 Å². The van der Waals surface area contributed by atoms with Crippen LogP contribution in [0.1, 0.15) is 13.3 Å². The maximum Gasteiger partial charge on any atom is 0.281 e. The average molecular weight is 192 g/mol. The molecule has 0 bridgehead atoms. The van der Waals surface area contributed by atoms with Crippen molar-refractivity contribution >= 4 is 10.2 Å². The first-order valence-electron chi connectivity index (χ1n) is 4.12. The molecule has 4 nitrogen and oxygen atoms in total. The van der Waals surface area contributed by atoms with Crippen molar-refractivity contribution < 1.29 is 8.42 Å². The lowest BCUT2D eigenvalue weighted by atomic mass is 10.2. The molecule has 1 heterocycles. The predicted octanol–water partition coefficient (Wildman–Crippen LogP) is 0.135. The van der Waals surface area contributed by atoms with Crippen LogP contribution in [0.2, 0.25) is 0 Å². The quantitative estimate of drug-likeness (QED) is 0.624. The van der Waals surface area contributed by atoms with Gasteiger partial charge in [-0.25, -0.2) is 0 Å². The van der Waals surface area contributed by atoms with Gasteiger partial charge in [0, 0.05) is 27.2 Å². The maximum atomic E-state index is 11.5. The van der Waals surface area contributed by atoms with Crippen LogP contribution in [0.25, 0.3) is 0 Å². The summed E-state index contributed by atoms with van der Waals surface area (Å²) in [5.74, 6) is 0.500. The fraction of sp³-hybridized carbons (Fsp3) is 1.00. The lowest BCUT2D eigenvalue weighted by Gasteiger charge is -2.20. The van der Waals surface area contributed by atoms with Gasteiger partial charge in [-0.1, -0.05) is 6.92 Å². The van der Waals surface area contributed by atoms with Gasteiger partial charge in [-0.3, -0.25) is 0 Å². The summed E-state index contributed by atoms with van der Waals surface area (Å²) in [7, 11) is -0.00731. The fourth-order valence-electron chi connectivity index (χ4n) is 1.34. The summed E-state index contributed by atoms with van der Waals surface area (Å²) in [6.45, 7) is 3.41. The molecule has 1 aliphatic rings. The Morgan fingerprint density at radius 2 is 2.00 bits per heavy atom. The molecule has 72 valence electrons. The van der Waals surface area contributed by atoms with E-state index < -0.39 is 10.2 Å². The highest BCUT2D eigenvalue weighted by molar-refractivity contribution is 7.86. The van der Waals surface area contributed by atoms with Crippen LogP contribution >= 0.6 is 0 Å². The number of hydrogen-bond acceptors (Lipinski definition) is 2. The Morgan fingerprint density at radius 3 is 2.33 bits per heavy atom. The monoisotopic (exact) mass is 192 g/mol.